The van der Waals surface area contributed by atoms with Crippen LogP contribution in [0.1, 0.15) is 16.2 Å². The lowest BCUT2D eigenvalue weighted by Crippen LogP contribution is -2.13. The molecule has 2 aromatic carbocycles. The Hall–Kier alpha value is -3.19. The second-order valence-electron chi connectivity index (χ2n) is 5.24. The molecule has 0 bridgehead atoms. The van der Waals surface area contributed by atoms with E-state index in [1.807, 2.05) is 0 Å². The summed E-state index contributed by atoms with van der Waals surface area (Å²) in [6.45, 7) is 1.89. The highest BCUT2D eigenvalue weighted by Crippen LogP contribution is 2.23. The largest absolute Gasteiger partial charge is 0.491 e. The average molecular weight is 339 g/mol. The van der Waals surface area contributed by atoms with E-state index in [0.29, 0.717) is 34.3 Å². The minimum atomic E-state index is -0.282. The second kappa shape index (κ2) is 7.59. The Morgan fingerprint density at radius 2 is 1.96 bits per heavy atom. The van der Waals surface area contributed by atoms with Gasteiger partial charge >= 0.3 is 0 Å². The third-order valence-corrected chi connectivity index (χ3v) is 3.40. The summed E-state index contributed by atoms with van der Waals surface area (Å²) in [6, 6.07) is 13.9. The third-order valence-electron chi connectivity index (χ3n) is 3.40. The van der Waals surface area contributed by atoms with Gasteiger partial charge in [0.1, 0.15) is 12.4 Å². The zero-order valence-corrected chi connectivity index (χ0v) is 13.6. The van der Waals surface area contributed by atoms with Gasteiger partial charge in [-0.25, -0.2) is 0 Å². The van der Waals surface area contributed by atoms with Crippen molar-refractivity contribution in [1.29, 1.82) is 0 Å². The van der Waals surface area contributed by atoms with Crippen molar-refractivity contribution in [1.82, 2.24) is 10.1 Å². The van der Waals surface area contributed by atoms with Crippen LogP contribution in [0.25, 0.3) is 11.5 Å². The monoisotopic (exact) mass is 339 g/mol. The van der Waals surface area contributed by atoms with Crippen molar-refractivity contribution in [3.63, 3.8) is 0 Å². The molecule has 1 aromatic heterocycles. The summed E-state index contributed by atoms with van der Waals surface area (Å²) in [7, 11) is 0. The molecule has 0 aliphatic rings. The smallest absolute Gasteiger partial charge is 0.258 e. The van der Waals surface area contributed by atoms with Crippen molar-refractivity contribution in [2.45, 2.75) is 6.92 Å². The van der Waals surface area contributed by atoms with Crippen molar-refractivity contribution in [2.24, 2.45) is 0 Å². The van der Waals surface area contributed by atoms with Crippen LogP contribution in [0, 0.1) is 6.92 Å². The molecule has 3 aromatic rings. The van der Waals surface area contributed by atoms with Gasteiger partial charge in [0, 0.05) is 5.69 Å². The lowest BCUT2D eigenvalue weighted by Gasteiger charge is -2.09. The SMILES string of the molecule is Cc1noc(-c2ccccc2C(=O)Nc2ccc(OCCO)cc2)n1. The highest BCUT2D eigenvalue weighted by atomic mass is 16.5. The van der Waals surface area contributed by atoms with Gasteiger partial charge in [-0.1, -0.05) is 17.3 Å². The molecule has 3 rings (SSSR count). The van der Waals surface area contributed by atoms with E-state index in [4.69, 9.17) is 14.4 Å². The van der Waals surface area contributed by atoms with Crippen LogP contribution in [-0.2, 0) is 0 Å². The first-order chi connectivity index (χ1) is 12.2. The first-order valence-corrected chi connectivity index (χ1v) is 7.72. The molecular formula is C18H17N3O4. The average Bonchev–Trinajstić information content (AvgIpc) is 3.07. The van der Waals surface area contributed by atoms with Crippen molar-refractivity contribution in [3.8, 4) is 17.2 Å². The highest BCUT2D eigenvalue weighted by Gasteiger charge is 2.16. The molecule has 128 valence electrons. The molecule has 0 spiro atoms. The zero-order chi connectivity index (χ0) is 17.6. The maximum absolute atomic E-state index is 12.6. The minimum absolute atomic E-state index is 0.0512. The van der Waals surface area contributed by atoms with Crippen molar-refractivity contribution in [3.05, 3.63) is 59.9 Å². The van der Waals surface area contributed by atoms with Crippen LogP contribution in [0.15, 0.2) is 53.1 Å². The molecule has 0 unspecified atom stereocenters. The molecule has 0 saturated carbocycles. The third kappa shape index (κ3) is 4.02. The summed E-state index contributed by atoms with van der Waals surface area (Å²) < 4.78 is 10.5. The fraction of sp³-hybridized carbons (Fsp3) is 0.167. The van der Waals surface area contributed by atoms with Gasteiger partial charge in [-0.2, -0.15) is 4.98 Å². The summed E-state index contributed by atoms with van der Waals surface area (Å²) in [5.74, 6) is 1.14. The van der Waals surface area contributed by atoms with E-state index in [2.05, 4.69) is 15.5 Å². The maximum atomic E-state index is 12.6. The molecule has 1 amide bonds. The molecule has 0 aliphatic heterocycles. The second-order valence-corrected chi connectivity index (χ2v) is 5.24. The van der Waals surface area contributed by atoms with Crippen molar-refractivity contribution < 1.29 is 19.2 Å². The predicted molar refractivity (Wildman–Crippen MR) is 91.4 cm³/mol. The fourth-order valence-electron chi connectivity index (χ4n) is 2.27. The van der Waals surface area contributed by atoms with Gasteiger partial charge < -0.3 is 19.7 Å². The van der Waals surface area contributed by atoms with Crippen LogP contribution in [-0.4, -0.2) is 34.4 Å². The Balaban J connectivity index is 1.78. The minimum Gasteiger partial charge on any atom is -0.491 e. The molecule has 0 radical (unpaired) electrons. The van der Waals surface area contributed by atoms with E-state index in [1.165, 1.54) is 0 Å². The first kappa shape index (κ1) is 16.7. The lowest BCUT2D eigenvalue weighted by atomic mass is 10.1. The standard InChI is InChI=1S/C18H17N3O4/c1-12-19-18(25-21-12)16-5-3-2-4-15(16)17(23)20-13-6-8-14(9-7-13)24-11-10-22/h2-9,22H,10-11H2,1H3,(H,20,23). The van der Waals surface area contributed by atoms with E-state index in [-0.39, 0.29) is 19.1 Å². The molecule has 2 N–H and O–H groups in total. The number of amides is 1. The number of carbonyl (C=O) groups is 1. The first-order valence-electron chi connectivity index (χ1n) is 7.72. The van der Waals surface area contributed by atoms with Crippen LogP contribution in [0.5, 0.6) is 5.75 Å². The van der Waals surface area contributed by atoms with Crippen molar-refractivity contribution in [2.75, 3.05) is 18.5 Å². The molecule has 25 heavy (non-hydrogen) atoms. The summed E-state index contributed by atoms with van der Waals surface area (Å²) in [5, 5.41) is 15.3. The topological polar surface area (TPSA) is 97.5 Å². The quantitative estimate of drug-likeness (QED) is 0.716. The molecule has 1 heterocycles. The molecule has 0 saturated heterocycles. The summed E-state index contributed by atoms with van der Waals surface area (Å²) in [4.78, 5) is 16.8. The number of nitrogens with zero attached hydrogens (tertiary/aromatic N) is 2. The lowest BCUT2D eigenvalue weighted by molar-refractivity contribution is 0.102. The van der Waals surface area contributed by atoms with Crippen LogP contribution in [0.4, 0.5) is 5.69 Å². The Bertz CT molecular complexity index is 859. The fourth-order valence-corrected chi connectivity index (χ4v) is 2.27. The van der Waals surface area contributed by atoms with E-state index < -0.39 is 0 Å². The number of aliphatic hydroxyl groups excluding tert-OH is 1. The van der Waals surface area contributed by atoms with E-state index in [0.717, 1.165) is 0 Å². The van der Waals surface area contributed by atoms with Crippen LogP contribution < -0.4 is 10.1 Å². The number of ether oxygens (including phenoxy) is 1. The number of aliphatic hydroxyl groups is 1. The normalized spacial score (nSPS) is 10.5. The van der Waals surface area contributed by atoms with Gasteiger partial charge in [0.15, 0.2) is 5.82 Å². The van der Waals surface area contributed by atoms with Gasteiger partial charge in [0.2, 0.25) is 0 Å². The maximum Gasteiger partial charge on any atom is 0.258 e. The van der Waals surface area contributed by atoms with E-state index in [1.54, 1.807) is 55.5 Å². The Labute approximate surface area is 144 Å². The number of hydrogen-bond acceptors (Lipinski definition) is 6. The number of carbonyl (C=O) groups excluding carboxylic acids is 1. The number of aromatic nitrogens is 2. The number of anilines is 1. The van der Waals surface area contributed by atoms with Gasteiger partial charge in [-0.05, 0) is 43.3 Å². The Morgan fingerprint density at radius 3 is 2.64 bits per heavy atom. The number of benzene rings is 2. The molecule has 7 nitrogen and oxygen atoms in total. The summed E-state index contributed by atoms with van der Waals surface area (Å²) in [5.41, 5.74) is 1.63. The molecule has 0 atom stereocenters. The number of nitrogens with one attached hydrogen (secondary N) is 1. The summed E-state index contributed by atoms with van der Waals surface area (Å²) >= 11 is 0. The number of aryl methyl sites for hydroxylation is 1. The Morgan fingerprint density at radius 1 is 1.20 bits per heavy atom. The van der Waals surface area contributed by atoms with Crippen LogP contribution in [0.3, 0.4) is 0 Å². The highest BCUT2D eigenvalue weighted by molar-refractivity contribution is 6.08. The van der Waals surface area contributed by atoms with E-state index in [9.17, 15) is 4.79 Å². The molecular weight excluding hydrogens is 322 g/mol. The molecule has 0 aliphatic carbocycles. The number of hydrogen-bond donors (Lipinski definition) is 2. The number of rotatable bonds is 6. The van der Waals surface area contributed by atoms with Gasteiger partial charge in [0.05, 0.1) is 17.7 Å². The molecule has 7 heteroatoms. The van der Waals surface area contributed by atoms with Crippen LogP contribution in [0.2, 0.25) is 0 Å². The molecule has 0 fully saturated rings. The van der Waals surface area contributed by atoms with Gasteiger partial charge in [-0.15, -0.1) is 0 Å². The summed E-state index contributed by atoms with van der Waals surface area (Å²) in [6.07, 6.45) is 0. The van der Waals surface area contributed by atoms with Gasteiger partial charge in [0.25, 0.3) is 11.8 Å². The Kier molecular flexibility index (Phi) is 5.06. The van der Waals surface area contributed by atoms with Crippen molar-refractivity contribution >= 4 is 11.6 Å². The van der Waals surface area contributed by atoms with Crippen LogP contribution >= 0.6 is 0 Å². The predicted octanol–water partition coefficient (Wildman–Crippen LogP) is 2.67. The zero-order valence-electron chi connectivity index (χ0n) is 13.6. The van der Waals surface area contributed by atoms with Gasteiger partial charge in [-0.3, -0.25) is 4.79 Å². The van der Waals surface area contributed by atoms with E-state index >= 15 is 0 Å².